The highest BCUT2D eigenvalue weighted by atomic mass is 32.2. The Balaban J connectivity index is 1.78. The molecule has 0 saturated heterocycles. The minimum atomic E-state index is -3.14. The van der Waals surface area contributed by atoms with Gasteiger partial charge in [-0.25, -0.2) is 13.4 Å². The van der Waals surface area contributed by atoms with Crippen molar-refractivity contribution in [2.24, 2.45) is 0 Å². The second-order valence-electron chi connectivity index (χ2n) is 6.49. The van der Waals surface area contributed by atoms with Gasteiger partial charge in [-0.15, -0.1) is 11.3 Å². The minimum absolute atomic E-state index is 0.0511. The molecule has 2 aromatic carbocycles. The lowest BCUT2D eigenvalue weighted by Crippen LogP contribution is -2.13. The first kappa shape index (κ1) is 19.3. The standard InChI is InChI=1S/C20H20N2O3S2/c1-13-11-26-20(21-13)16-9-7-15(8-10-16)19(23)22-18-6-4-5-17(14(18)2)12-27(3,24)25/h4-11H,12H2,1-3H3,(H,22,23). The minimum Gasteiger partial charge on any atom is -0.322 e. The topological polar surface area (TPSA) is 76.1 Å². The van der Waals surface area contributed by atoms with Crippen molar-refractivity contribution in [3.63, 3.8) is 0 Å². The number of anilines is 1. The number of carbonyl (C=O) groups excluding carboxylic acids is 1. The highest BCUT2D eigenvalue weighted by molar-refractivity contribution is 7.89. The summed E-state index contributed by atoms with van der Waals surface area (Å²) in [6.07, 6.45) is 1.20. The van der Waals surface area contributed by atoms with Crippen LogP contribution in [-0.2, 0) is 15.6 Å². The number of nitrogens with one attached hydrogen (secondary N) is 1. The van der Waals surface area contributed by atoms with E-state index in [1.165, 1.54) is 6.26 Å². The summed E-state index contributed by atoms with van der Waals surface area (Å²) in [5.74, 6) is -0.290. The van der Waals surface area contributed by atoms with Crippen LogP contribution in [0.15, 0.2) is 47.8 Å². The molecule has 5 nitrogen and oxygen atoms in total. The van der Waals surface area contributed by atoms with Crippen LogP contribution in [0.25, 0.3) is 10.6 Å². The first-order valence-electron chi connectivity index (χ1n) is 8.33. The normalized spacial score (nSPS) is 11.4. The third-order valence-corrected chi connectivity index (χ3v) is 5.97. The lowest BCUT2D eigenvalue weighted by molar-refractivity contribution is 0.102. The fourth-order valence-corrected chi connectivity index (χ4v) is 4.38. The summed E-state index contributed by atoms with van der Waals surface area (Å²) in [7, 11) is -3.14. The average molecular weight is 401 g/mol. The van der Waals surface area contributed by atoms with Crippen molar-refractivity contribution in [1.29, 1.82) is 0 Å². The molecule has 0 aliphatic heterocycles. The molecule has 0 fully saturated rings. The van der Waals surface area contributed by atoms with Gasteiger partial charge < -0.3 is 5.32 Å². The number of amides is 1. The summed E-state index contributed by atoms with van der Waals surface area (Å²) >= 11 is 1.57. The molecule has 0 radical (unpaired) electrons. The predicted molar refractivity (Wildman–Crippen MR) is 110 cm³/mol. The number of aryl methyl sites for hydroxylation is 1. The number of rotatable bonds is 5. The Bertz CT molecular complexity index is 1080. The van der Waals surface area contributed by atoms with E-state index in [0.29, 0.717) is 16.8 Å². The molecule has 0 atom stereocenters. The van der Waals surface area contributed by atoms with Gasteiger partial charge in [0.25, 0.3) is 5.91 Å². The third kappa shape index (κ3) is 4.81. The van der Waals surface area contributed by atoms with E-state index in [4.69, 9.17) is 0 Å². The van der Waals surface area contributed by atoms with Gasteiger partial charge >= 0.3 is 0 Å². The average Bonchev–Trinajstić information content (AvgIpc) is 3.04. The molecule has 0 bridgehead atoms. The lowest BCUT2D eigenvalue weighted by Gasteiger charge is -2.12. The van der Waals surface area contributed by atoms with Crippen LogP contribution in [0.1, 0.15) is 27.2 Å². The van der Waals surface area contributed by atoms with E-state index < -0.39 is 9.84 Å². The zero-order valence-electron chi connectivity index (χ0n) is 15.3. The zero-order valence-corrected chi connectivity index (χ0v) is 16.9. The maximum absolute atomic E-state index is 12.6. The van der Waals surface area contributed by atoms with Crippen LogP contribution in [0.5, 0.6) is 0 Å². The van der Waals surface area contributed by atoms with E-state index in [0.717, 1.165) is 21.8 Å². The molecule has 1 N–H and O–H groups in total. The van der Waals surface area contributed by atoms with Crippen LogP contribution >= 0.6 is 11.3 Å². The van der Waals surface area contributed by atoms with Gasteiger partial charge in [0, 0.05) is 34.1 Å². The molecule has 3 rings (SSSR count). The molecule has 0 unspecified atom stereocenters. The van der Waals surface area contributed by atoms with Gasteiger partial charge in [-0.1, -0.05) is 24.3 Å². The van der Waals surface area contributed by atoms with Gasteiger partial charge in [-0.3, -0.25) is 4.79 Å². The molecule has 27 heavy (non-hydrogen) atoms. The van der Waals surface area contributed by atoms with E-state index >= 15 is 0 Å². The Morgan fingerprint density at radius 2 is 1.81 bits per heavy atom. The predicted octanol–water partition coefficient (Wildman–Crippen LogP) is 4.22. The zero-order chi connectivity index (χ0) is 19.6. The number of benzene rings is 2. The van der Waals surface area contributed by atoms with Gasteiger partial charge in [0.2, 0.25) is 0 Å². The van der Waals surface area contributed by atoms with Crippen molar-refractivity contribution in [3.8, 4) is 10.6 Å². The van der Waals surface area contributed by atoms with Crippen molar-refractivity contribution in [1.82, 2.24) is 4.98 Å². The van der Waals surface area contributed by atoms with Crippen LogP contribution < -0.4 is 5.32 Å². The van der Waals surface area contributed by atoms with Crippen molar-refractivity contribution in [3.05, 3.63) is 70.2 Å². The summed E-state index contributed by atoms with van der Waals surface area (Å²) in [4.78, 5) is 17.0. The molecule has 7 heteroatoms. The maximum atomic E-state index is 12.6. The molecule has 0 saturated carbocycles. The Morgan fingerprint density at radius 3 is 2.41 bits per heavy atom. The van der Waals surface area contributed by atoms with E-state index in [1.807, 2.05) is 31.4 Å². The fourth-order valence-electron chi connectivity index (χ4n) is 2.70. The van der Waals surface area contributed by atoms with Crippen molar-refractivity contribution in [2.45, 2.75) is 19.6 Å². The smallest absolute Gasteiger partial charge is 0.255 e. The largest absolute Gasteiger partial charge is 0.322 e. The molecule has 1 amide bonds. The van der Waals surface area contributed by atoms with E-state index in [1.54, 1.807) is 41.7 Å². The van der Waals surface area contributed by atoms with Crippen LogP contribution in [0.4, 0.5) is 5.69 Å². The Labute approximate surface area is 163 Å². The monoisotopic (exact) mass is 400 g/mol. The van der Waals surface area contributed by atoms with Crippen LogP contribution in [0.2, 0.25) is 0 Å². The van der Waals surface area contributed by atoms with Crippen molar-refractivity contribution < 1.29 is 13.2 Å². The third-order valence-electron chi connectivity index (χ3n) is 4.12. The quantitative estimate of drug-likeness (QED) is 0.696. The number of sulfone groups is 1. The number of hydrogen-bond donors (Lipinski definition) is 1. The maximum Gasteiger partial charge on any atom is 0.255 e. The molecule has 1 heterocycles. The highest BCUT2D eigenvalue weighted by Gasteiger charge is 2.13. The Hall–Kier alpha value is -2.51. The van der Waals surface area contributed by atoms with Crippen LogP contribution in [0.3, 0.4) is 0 Å². The van der Waals surface area contributed by atoms with Crippen LogP contribution in [0, 0.1) is 13.8 Å². The van der Waals surface area contributed by atoms with Gasteiger partial charge in [-0.2, -0.15) is 0 Å². The van der Waals surface area contributed by atoms with Crippen LogP contribution in [-0.4, -0.2) is 25.6 Å². The summed E-state index contributed by atoms with van der Waals surface area (Å²) in [5.41, 5.74) is 4.52. The Morgan fingerprint density at radius 1 is 1.11 bits per heavy atom. The second kappa shape index (κ2) is 7.62. The lowest BCUT2D eigenvalue weighted by atomic mass is 10.1. The van der Waals surface area contributed by atoms with E-state index in [2.05, 4.69) is 10.3 Å². The molecule has 0 spiro atoms. The van der Waals surface area contributed by atoms with Gasteiger partial charge in [0.05, 0.1) is 5.75 Å². The molecule has 1 aromatic heterocycles. The molecular weight excluding hydrogens is 380 g/mol. The SMILES string of the molecule is Cc1csc(-c2ccc(C(=O)Nc3cccc(CS(C)(=O)=O)c3C)cc2)n1. The van der Waals surface area contributed by atoms with E-state index in [9.17, 15) is 13.2 Å². The van der Waals surface area contributed by atoms with Crippen molar-refractivity contribution >= 4 is 32.8 Å². The van der Waals surface area contributed by atoms with Gasteiger partial charge in [0.15, 0.2) is 9.84 Å². The second-order valence-corrected chi connectivity index (χ2v) is 9.48. The first-order valence-corrected chi connectivity index (χ1v) is 11.3. The fraction of sp³-hybridized carbons (Fsp3) is 0.200. The molecular formula is C20H20N2O3S2. The van der Waals surface area contributed by atoms with Gasteiger partial charge in [0.1, 0.15) is 5.01 Å². The molecule has 3 aromatic rings. The summed E-state index contributed by atoms with van der Waals surface area (Å²) < 4.78 is 23.1. The molecule has 0 aliphatic carbocycles. The number of carbonyl (C=O) groups is 1. The first-order chi connectivity index (χ1) is 12.7. The molecule has 0 aliphatic rings. The van der Waals surface area contributed by atoms with E-state index in [-0.39, 0.29) is 11.7 Å². The number of hydrogen-bond acceptors (Lipinski definition) is 5. The summed E-state index contributed by atoms with van der Waals surface area (Å²) in [5, 5.41) is 5.78. The summed E-state index contributed by atoms with van der Waals surface area (Å²) in [6.45, 7) is 3.76. The number of nitrogens with zero attached hydrogens (tertiary/aromatic N) is 1. The number of thiazole rings is 1. The highest BCUT2D eigenvalue weighted by Crippen LogP contribution is 2.25. The number of aromatic nitrogens is 1. The summed E-state index contributed by atoms with van der Waals surface area (Å²) in [6, 6.07) is 12.5. The van der Waals surface area contributed by atoms with Crippen molar-refractivity contribution in [2.75, 3.05) is 11.6 Å². The molecule has 140 valence electrons. The van der Waals surface area contributed by atoms with Gasteiger partial charge in [-0.05, 0) is 43.2 Å². The Kier molecular flexibility index (Phi) is 5.43.